The average Bonchev–Trinajstić information content (AvgIpc) is 2.94. The van der Waals surface area contributed by atoms with Gasteiger partial charge in [0.25, 0.3) is 0 Å². The summed E-state index contributed by atoms with van der Waals surface area (Å²) in [5.41, 5.74) is 10.3. The van der Waals surface area contributed by atoms with E-state index in [1.807, 2.05) is 36.0 Å². The highest BCUT2D eigenvalue weighted by atomic mass is 16.3. The van der Waals surface area contributed by atoms with Gasteiger partial charge in [0.2, 0.25) is 0 Å². The number of nitrogens with zero attached hydrogens (tertiary/aromatic N) is 5. The molecule has 90 valence electrons. The zero-order valence-corrected chi connectivity index (χ0v) is 9.82. The van der Waals surface area contributed by atoms with Gasteiger partial charge in [-0.15, -0.1) is 0 Å². The van der Waals surface area contributed by atoms with Crippen LogP contribution in [0.15, 0.2) is 40.2 Å². The molecule has 0 radical (unpaired) electrons. The first-order chi connectivity index (χ1) is 8.79. The zero-order valence-electron chi connectivity index (χ0n) is 9.82. The van der Waals surface area contributed by atoms with E-state index in [9.17, 15) is 0 Å². The van der Waals surface area contributed by atoms with Crippen LogP contribution >= 0.6 is 0 Å². The van der Waals surface area contributed by atoms with Crippen LogP contribution in [0.1, 0.15) is 6.92 Å². The molecule has 1 atom stereocenters. The molecule has 0 aliphatic carbocycles. The second-order valence-corrected chi connectivity index (χ2v) is 4.22. The highest BCUT2D eigenvalue weighted by Crippen LogP contribution is 2.26. The molecule has 0 bridgehead atoms. The molecule has 0 unspecified atom stereocenters. The van der Waals surface area contributed by atoms with Gasteiger partial charge >= 0.3 is 0 Å². The fourth-order valence-corrected chi connectivity index (χ4v) is 2.14. The Morgan fingerprint density at radius 3 is 3.22 bits per heavy atom. The van der Waals surface area contributed by atoms with Crippen LogP contribution in [-0.2, 0) is 6.54 Å². The van der Waals surface area contributed by atoms with Crippen molar-refractivity contribution in [3.8, 4) is 0 Å². The Morgan fingerprint density at radius 1 is 1.50 bits per heavy atom. The van der Waals surface area contributed by atoms with Crippen LogP contribution in [0.25, 0.3) is 32.3 Å². The van der Waals surface area contributed by atoms with Crippen LogP contribution in [0.5, 0.6) is 0 Å². The molecule has 0 saturated carbocycles. The van der Waals surface area contributed by atoms with Crippen LogP contribution in [0, 0.1) is 0 Å². The van der Waals surface area contributed by atoms with Crippen molar-refractivity contribution in [3.63, 3.8) is 0 Å². The molecule has 6 nitrogen and oxygen atoms in total. The third-order valence-corrected chi connectivity index (χ3v) is 2.92. The standard InChI is InChI=1S/C12H11N5O/c1-8(15-16-13)7-17-12-9(6-14-17)2-3-11-10(12)4-5-18-11/h2-6,8H,7H2,1H3/t8-/m0/s1. The molecular formula is C12H11N5O. The van der Waals surface area contributed by atoms with Crippen molar-refractivity contribution in [1.82, 2.24) is 9.78 Å². The summed E-state index contributed by atoms with van der Waals surface area (Å²) in [4.78, 5) is 2.81. The number of aromatic nitrogens is 2. The van der Waals surface area contributed by atoms with Crippen molar-refractivity contribution in [3.05, 3.63) is 41.1 Å². The summed E-state index contributed by atoms with van der Waals surface area (Å²) in [6, 6.07) is 5.69. The summed E-state index contributed by atoms with van der Waals surface area (Å²) in [5.74, 6) is 0. The second-order valence-electron chi connectivity index (χ2n) is 4.22. The Morgan fingerprint density at radius 2 is 2.39 bits per heavy atom. The molecule has 2 heterocycles. The van der Waals surface area contributed by atoms with E-state index in [2.05, 4.69) is 15.1 Å². The lowest BCUT2D eigenvalue weighted by atomic mass is 10.2. The van der Waals surface area contributed by atoms with Gasteiger partial charge in [0, 0.05) is 22.2 Å². The third kappa shape index (κ3) is 1.59. The zero-order chi connectivity index (χ0) is 12.5. The number of azide groups is 1. The fraction of sp³-hybridized carbons (Fsp3) is 0.250. The van der Waals surface area contributed by atoms with E-state index in [4.69, 9.17) is 9.95 Å². The van der Waals surface area contributed by atoms with Gasteiger partial charge in [-0.1, -0.05) is 12.0 Å². The Kier molecular flexibility index (Phi) is 2.42. The van der Waals surface area contributed by atoms with Gasteiger partial charge in [-0.2, -0.15) is 5.10 Å². The van der Waals surface area contributed by atoms with E-state index in [-0.39, 0.29) is 6.04 Å². The second kappa shape index (κ2) is 4.09. The van der Waals surface area contributed by atoms with Crippen LogP contribution in [-0.4, -0.2) is 15.8 Å². The highest BCUT2D eigenvalue weighted by molar-refractivity contribution is 6.03. The van der Waals surface area contributed by atoms with Gasteiger partial charge in [0.05, 0.1) is 24.0 Å². The summed E-state index contributed by atoms with van der Waals surface area (Å²) in [7, 11) is 0. The first-order valence-corrected chi connectivity index (χ1v) is 5.65. The maximum atomic E-state index is 8.43. The molecular weight excluding hydrogens is 230 g/mol. The van der Waals surface area contributed by atoms with Gasteiger partial charge in [0.1, 0.15) is 5.58 Å². The van der Waals surface area contributed by atoms with Gasteiger partial charge in [-0.25, -0.2) is 0 Å². The molecule has 3 rings (SSSR count). The first-order valence-electron chi connectivity index (χ1n) is 5.65. The van der Waals surface area contributed by atoms with E-state index in [0.717, 1.165) is 21.9 Å². The predicted molar refractivity (Wildman–Crippen MR) is 68.1 cm³/mol. The lowest BCUT2D eigenvalue weighted by Gasteiger charge is -2.06. The molecule has 0 N–H and O–H groups in total. The largest absolute Gasteiger partial charge is 0.464 e. The fourth-order valence-electron chi connectivity index (χ4n) is 2.14. The van der Waals surface area contributed by atoms with Crippen molar-refractivity contribution in [1.29, 1.82) is 0 Å². The molecule has 18 heavy (non-hydrogen) atoms. The maximum Gasteiger partial charge on any atom is 0.136 e. The van der Waals surface area contributed by atoms with Crippen molar-refractivity contribution >= 4 is 21.9 Å². The Hall–Kier alpha value is -2.46. The van der Waals surface area contributed by atoms with Crippen molar-refractivity contribution < 1.29 is 4.42 Å². The molecule has 0 amide bonds. The molecule has 0 fully saturated rings. The van der Waals surface area contributed by atoms with Crippen LogP contribution in [0.3, 0.4) is 0 Å². The number of benzene rings is 1. The SMILES string of the molecule is C[C@@H](Cn1ncc2ccc3occc3c21)N=[N+]=[N-]. The smallest absolute Gasteiger partial charge is 0.136 e. The van der Waals surface area contributed by atoms with E-state index >= 15 is 0 Å². The van der Waals surface area contributed by atoms with Crippen molar-refractivity contribution in [2.24, 2.45) is 5.11 Å². The number of fused-ring (bicyclic) bond motifs is 3. The maximum absolute atomic E-state index is 8.43. The average molecular weight is 241 g/mol. The minimum Gasteiger partial charge on any atom is -0.464 e. The van der Waals surface area contributed by atoms with E-state index in [1.165, 1.54) is 0 Å². The topological polar surface area (TPSA) is 79.7 Å². The third-order valence-electron chi connectivity index (χ3n) is 2.92. The minimum atomic E-state index is -0.139. The molecule has 0 aliphatic heterocycles. The molecule has 3 aromatic rings. The molecule has 2 aromatic heterocycles. The number of hydrogen-bond acceptors (Lipinski definition) is 3. The number of hydrogen-bond donors (Lipinski definition) is 0. The molecule has 0 saturated heterocycles. The van der Waals surface area contributed by atoms with Crippen molar-refractivity contribution in [2.75, 3.05) is 0 Å². The van der Waals surface area contributed by atoms with E-state index in [0.29, 0.717) is 6.54 Å². The predicted octanol–water partition coefficient (Wildman–Crippen LogP) is 3.48. The summed E-state index contributed by atoms with van der Waals surface area (Å²) in [5, 5.41) is 10.1. The van der Waals surface area contributed by atoms with Gasteiger partial charge in [-0.3, -0.25) is 4.68 Å². The lowest BCUT2D eigenvalue weighted by molar-refractivity contribution is 0.552. The minimum absolute atomic E-state index is 0.139. The highest BCUT2D eigenvalue weighted by Gasteiger charge is 2.10. The van der Waals surface area contributed by atoms with Gasteiger partial charge in [-0.05, 0) is 23.7 Å². The Labute approximate surface area is 102 Å². The van der Waals surface area contributed by atoms with Crippen LogP contribution in [0.2, 0.25) is 0 Å². The number of furan rings is 1. The first kappa shape index (κ1) is 10.7. The van der Waals surface area contributed by atoms with Crippen LogP contribution in [0.4, 0.5) is 0 Å². The molecule has 1 aromatic carbocycles. The summed E-state index contributed by atoms with van der Waals surface area (Å²) >= 11 is 0. The molecule has 0 aliphatic rings. The number of rotatable bonds is 3. The molecule has 0 spiro atoms. The van der Waals surface area contributed by atoms with Gasteiger partial charge in [0.15, 0.2) is 0 Å². The normalized spacial score (nSPS) is 12.7. The summed E-state index contributed by atoms with van der Waals surface area (Å²) in [6.07, 6.45) is 3.48. The summed E-state index contributed by atoms with van der Waals surface area (Å²) < 4.78 is 7.23. The van der Waals surface area contributed by atoms with Gasteiger partial charge < -0.3 is 4.42 Å². The monoisotopic (exact) mass is 241 g/mol. The van der Waals surface area contributed by atoms with E-state index in [1.54, 1.807) is 6.26 Å². The van der Waals surface area contributed by atoms with Crippen molar-refractivity contribution in [2.45, 2.75) is 19.5 Å². The van der Waals surface area contributed by atoms with E-state index < -0.39 is 0 Å². The lowest BCUT2D eigenvalue weighted by Crippen LogP contribution is -2.10. The summed E-state index contributed by atoms with van der Waals surface area (Å²) in [6.45, 7) is 2.42. The molecule has 6 heteroatoms. The quantitative estimate of drug-likeness (QED) is 0.399. The Balaban J connectivity index is 2.17. The van der Waals surface area contributed by atoms with Crippen LogP contribution < -0.4 is 0 Å². The Bertz CT molecular complexity index is 750.